The Balaban J connectivity index is 1.93. The van der Waals surface area contributed by atoms with Crippen LogP contribution in [0, 0.1) is 17.6 Å². The molecule has 2 unspecified atom stereocenters. The van der Waals surface area contributed by atoms with Crippen LogP contribution in [0.1, 0.15) is 18.9 Å². The molecule has 1 heterocycles. The van der Waals surface area contributed by atoms with Gasteiger partial charge in [0, 0.05) is 12.1 Å². The van der Waals surface area contributed by atoms with E-state index < -0.39 is 11.6 Å². The summed E-state index contributed by atoms with van der Waals surface area (Å²) in [5.74, 6) is -1.16. The summed E-state index contributed by atoms with van der Waals surface area (Å²) in [6.45, 7) is 3.81. The summed E-state index contributed by atoms with van der Waals surface area (Å²) in [6.07, 6.45) is 0.821. The minimum atomic E-state index is -0.673. The van der Waals surface area contributed by atoms with E-state index in [-0.39, 0.29) is 23.9 Å². The molecule has 1 aromatic rings. The maximum absolute atomic E-state index is 13.4. The minimum Gasteiger partial charge on any atom is -0.353 e. The number of rotatable bonds is 3. The highest BCUT2D eigenvalue weighted by molar-refractivity contribution is 5.78. The second-order valence-electron chi connectivity index (χ2n) is 5.06. The molecule has 104 valence electrons. The van der Waals surface area contributed by atoms with Gasteiger partial charge in [0.25, 0.3) is 0 Å². The lowest BCUT2D eigenvalue weighted by atomic mass is 9.95. The number of piperidine rings is 1. The van der Waals surface area contributed by atoms with Crippen LogP contribution < -0.4 is 10.6 Å². The third-order valence-corrected chi connectivity index (χ3v) is 3.50. The molecule has 19 heavy (non-hydrogen) atoms. The highest BCUT2D eigenvalue weighted by Gasteiger charge is 2.22. The van der Waals surface area contributed by atoms with Crippen molar-refractivity contribution >= 4 is 5.91 Å². The van der Waals surface area contributed by atoms with E-state index >= 15 is 0 Å². The number of hydrogen-bond acceptors (Lipinski definition) is 2. The van der Waals surface area contributed by atoms with E-state index in [1.165, 1.54) is 12.1 Å². The topological polar surface area (TPSA) is 41.1 Å². The standard InChI is InChI=1S/C14H18F2N2O/c1-9-8-17-5-4-13(9)18-14(19)6-10-2-3-11(15)7-12(10)16/h2-3,7,9,13,17H,4-6,8H2,1H3,(H,18,19). The van der Waals surface area contributed by atoms with E-state index in [1.54, 1.807) is 0 Å². The summed E-state index contributed by atoms with van der Waals surface area (Å²) in [7, 11) is 0. The quantitative estimate of drug-likeness (QED) is 0.874. The number of carbonyl (C=O) groups is 1. The summed E-state index contributed by atoms with van der Waals surface area (Å²) in [5.41, 5.74) is 0.223. The number of benzene rings is 1. The molecule has 1 saturated heterocycles. The number of nitrogens with one attached hydrogen (secondary N) is 2. The smallest absolute Gasteiger partial charge is 0.224 e. The molecule has 1 fully saturated rings. The zero-order chi connectivity index (χ0) is 13.8. The molecule has 0 radical (unpaired) electrons. The molecule has 0 bridgehead atoms. The zero-order valence-corrected chi connectivity index (χ0v) is 10.9. The van der Waals surface area contributed by atoms with Crippen molar-refractivity contribution < 1.29 is 13.6 Å². The van der Waals surface area contributed by atoms with Gasteiger partial charge in [-0.15, -0.1) is 0 Å². The maximum atomic E-state index is 13.4. The van der Waals surface area contributed by atoms with E-state index in [2.05, 4.69) is 17.6 Å². The molecule has 5 heteroatoms. The van der Waals surface area contributed by atoms with E-state index in [1.807, 2.05) is 0 Å². The lowest BCUT2D eigenvalue weighted by Crippen LogP contribution is -2.48. The van der Waals surface area contributed by atoms with Crippen LogP contribution in [0.4, 0.5) is 8.78 Å². The largest absolute Gasteiger partial charge is 0.353 e. The summed E-state index contributed by atoms with van der Waals surface area (Å²) in [4.78, 5) is 11.9. The van der Waals surface area contributed by atoms with E-state index in [0.29, 0.717) is 5.92 Å². The van der Waals surface area contributed by atoms with Crippen LogP contribution in [0.25, 0.3) is 0 Å². The van der Waals surface area contributed by atoms with Gasteiger partial charge in [0.2, 0.25) is 5.91 Å². The first-order valence-electron chi connectivity index (χ1n) is 6.50. The van der Waals surface area contributed by atoms with Gasteiger partial charge in [-0.2, -0.15) is 0 Å². The van der Waals surface area contributed by atoms with Crippen molar-refractivity contribution in [3.63, 3.8) is 0 Å². The first-order chi connectivity index (χ1) is 9.06. The summed E-state index contributed by atoms with van der Waals surface area (Å²) >= 11 is 0. The van der Waals surface area contributed by atoms with Crippen LogP contribution in [-0.4, -0.2) is 25.0 Å². The van der Waals surface area contributed by atoms with E-state index in [4.69, 9.17) is 0 Å². The predicted molar refractivity (Wildman–Crippen MR) is 68.6 cm³/mol. The number of hydrogen-bond donors (Lipinski definition) is 2. The molecule has 1 aliphatic heterocycles. The Morgan fingerprint density at radius 1 is 1.47 bits per heavy atom. The van der Waals surface area contributed by atoms with Crippen molar-refractivity contribution in [2.24, 2.45) is 5.92 Å². The molecule has 2 atom stereocenters. The van der Waals surface area contributed by atoms with Crippen LogP contribution in [0.3, 0.4) is 0 Å². The van der Waals surface area contributed by atoms with Crippen LogP contribution in [0.15, 0.2) is 18.2 Å². The first kappa shape index (κ1) is 13.9. The highest BCUT2D eigenvalue weighted by atomic mass is 19.1. The molecule has 0 aliphatic carbocycles. The van der Waals surface area contributed by atoms with Gasteiger partial charge in [-0.05, 0) is 37.1 Å². The van der Waals surface area contributed by atoms with Crippen molar-refractivity contribution in [2.45, 2.75) is 25.8 Å². The Kier molecular flexibility index (Phi) is 4.47. The molecule has 1 aromatic carbocycles. The molecule has 0 saturated carbocycles. The Bertz CT molecular complexity index is 465. The highest BCUT2D eigenvalue weighted by Crippen LogP contribution is 2.13. The van der Waals surface area contributed by atoms with Gasteiger partial charge >= 0.3 is 0 Å². The average Bonchev–Trinajstić information content (AvgIpc) is 2.36. The van der Waals surface area contributed by atoms with Gasteiger partial charge in [0.05, 0.1) is 6.42 Å². The molecule has 1 aliphatic rings. The molecule has 1 amide bonds. The number of amides is 1. The van der Waals surface area contributed by atoms with E-state index in [0.717, 1.165) is 25.6 Å². The fraction of sp³-hybridized carbons (Fsp3) is 0.500. The molecular weight excluding hydrogens is 250 g/mol. The summed E-state index contributed by atoms with van der Waals surface area (Å²) in [5, 5.41) is 6.17. The number of halogens is 2. The minimum absolute atomic E-state index is 0.0528. The third kappa shape index (κ3) is 3.73. The lowest BCUT2D eigenvalue weighted by molar-refractivity contribution is -0.121. The maximum Gasteiger partial charge on any atom is 0.224 e. The van der Waals surface area contributed by atoms with Crippen LogP contribution >= 0.6 is 0 Å². The Hall–Kier alpha value is -1.49. The molecule has 3 nitrogen and oxygen atoms in total. The van der Waals surface area contributed by atoms with Gasteiger partial charge in [0.15, 0.2) is 0 Å². The molecular formula is C14H18F2N2O. The summed E-state index contributed by atoms with van der Waals surface area (Å²) < 4.78 is 26.2. The van der Waals surface area contributed by atoms with Gasteiger partial charge in [-0.1, -0.05) is 13.0 Å². The number of carbonyl (C=O) groups excluding carboxylic acids is 1. The Labute approximate surface area is 111 Å². The zero-order valence-electron chi connectivity index (χ0n) is 10.9. The van der Waals surface area contributed by atoms with Crippen molar-refractivity contribution in [1.82, 2.24) is 10.6 Å². The van der Waals surface area contributed by atoms with Gasteiger partial charge in [0.1, 0.15) is 11.6 Å². The fourth-order valence-electron chi connectivity index (χ4n) is 2.32. The Morgan fingerprint density at radius 2 is 2.26 bits per heavy atom. The lowest BCUT2D eigenvalue weighted by Gasteiger charge is -2.30. The van der Waals surface area contributed by atoms with Crippen LogP contribution in [0.5, 0.6) is 0 Å². The van der Waals surface area contributed by atoms with Crippen LogP contribution in [-0.2, 0) is 11.2 Å². The molecule has 2 N–H and O–H groups in total. The van der Waals surface area contributed by atoms with Crippen LogP contribution in [0.2, 0.25) is 0 Å². The normalized spacial score (nSPS) is 23.1. The first-order valence-corrected chi connectivity index (χ1v) is 6.50. The van der Waals surface area contributed by atoms with Gasteiger partial charge in [-0.25, -0.2) is 8.78 Å². The summed E-state index contributed by atoms with van der Waals surface area (Å²) in [6, 6.07) is 3.40. The third-order valence-electron chi connectivity index (χ3n) is 3.50. The molecule has 0 aromatic heterocycles. The van der Waals surface area contributed by atoms with Gasteiger partial charge < -0.3 is 10.6 Å². The second-order valence-corrected chi connectivity index (χ2v) is 5.06. The van der Waals surface area contributed by atoms with Crippen molar-refractivity contribution in [2.75, 3.05) is 13.1 Å². The fourth-order valence-corrected chi connectivity index (χ4v) is 2.32. The van der Waals surface area contributed by atoms with Gasteiger partial charge in [-0.3, -0.25) is 4.79 Å². The average molecular weight is 268 g/mol. The molecule has 2 rings (SSSR count). The second kappa shape index (κ2) is 6.10. The van der Waals surface area contributed by atoms with Crippen molar-refractivity contribution in [3.8, 4) is 0 Å². The SMILES string of the molecule is CC1CNCCC1NC(=O)Cc1ccc(F)cc1F. The van der Waals surface area contributed by atoms with Crippen molar-refractivity contribution in [3.05, 3.63) is 35.4 Å². The van der Waals surface area contributed by atoms with Crippen molar-refractivity contribution in [1.29, 1.82) is 0 Å². The Morgan fingerprint density at radius 3 is 2.95 bits per heavy atom. The monoisotopic (exact) mass is 268 g/mol. The predicted octanol–water partition coefficient (Wildman–Crippen LogP) is 1.62. The van der Waals surface area contributed by atoms with E-state index in [9.17, 15) is 13.6 Å². The molecule has 0 spiro atoms.